The van der Waals surface area contributed by atoms with E-state index in [9.17, 15) is 0 Å². The van der Waals surface area contributed by atoms with Crippen LogP contribution in [0.3, 0.4) is 0 Å². The van der Waals surface area contributed by atoms with Gasteiger partial charge in [0.25, 0.3) is 0 Å². The molecule has 5 heavy (non-hydrogen) atoms. The van der Waals surface area contributed by atoms with Crippen molar-refractivity contribution in [3.05, 3.63) is 24.6 Å². The van der Waals surface area contributed by atoms with Gasteiger partial charge >= 0.3 is 0 Å². The molecule has 0 unspecified atom stereocenters. The van der Waals surface area contributed by atoms with Crippen LogP contribution in [0.25, 0.3) is 0 Å². The Morgan fingerprint density at radius 3 is 1.60 bits per heavy atom. The van der Waals surface area contributed by atoms with Crippen molar-refractivity contribution in [2.45, 2.75) is 0 Å². The Morgan fingerprint density at radius 1 is 1.20 bits per heavy atom. The fourth-order valence-electron chi connectivity index (χ4n) is 0.0962. The molecule has 0 amide bonds. The van der Waals surface area contributed by atoms with E-state index in [1.54, 1.807) is 0 Å². The SMILES string of the molecule is C=C[SiH]C=C. The van der Waals surface area contributed by atoms with E-state index in [-0.39, 0.29) is 0 Å². The Bertz CT molecular complexity index is 32.9. The van der Waals surface area contributed by atoms with Crippen LogP contribution < -0.4 is 0 Å². The van der Waals surface area contributed by atoms with Crippen molar-refractivity contribution in [1.82, 2.24) is 0 Å². The summed E-state index contributed by atoms with van der Waals surface area (Å²) in [6.07, 6.45) is 0. The first-order valence-corrected chi connectivity index (χ1v) is 2.82. The van der Waals surface area contributed by atoms with Crippen molar-refractivity contribution in [2.75, 3.05) is 0 Å². The zero-order valence-electron chi connectivity index (χ0n) is 3.15. The van der Waals surface area contributed by atoms with Crippen molar-refractivity contribution in [3.63, 3.8) is 0 Å². The molecule has 0 N–H and O–H groups in total. The summed E-state index contributed by atoms with van der Waals surface area (Å²) in [7, 11) is 0.343. The standard InChI is InChI=1S/C4H7Si/c1-3-5-4-2/h3-5H,1-2H2. The predicted octanol–water partition coefficient (Wildman–Crippen LogP) is 0.710. The van der Waals surface area contributed by atoms with Gasteiger partial charge in [0.15, 0.2) is 0 Å². The van der Waals surface area contributed by atoms with Crippen molar-refractivity contribution >= 4 is 9.52 Å². The Kier molecular flexibility index (Phi) is 3.47. The molecule has 0 fully saturated rings. The van der Waals surface area contributed by atoms with E-state index in [4.69, 9.17) is 0 Å². The number of rotatable bonds is 2. The second-order valence-electron chi connectivity index (χ2n) is 0.664. The summed E-state index contributed by atoms with van der Waals surface area (Å²) in [6.45, 7) is 7.03. The number of hydrogen-bond acceptors (Lipinski definition) is 0. The summed E-state index contributed by atoms with van der Waals surface area (Å²) >= 11 is 0. The molecule has 0 nitrogen and oxygen atoms in total. The highest BCUT2D eigenvalue weighted by molar-refractivity contribution is 6.47. The quantitative estimate of drug-likeness (QED) is 0.431. The zero-order chi connectivity index (χ0) is 4.12. The molecular weight excluding hydrogens is 76.1 g/mol. The van der Waals surface area contributed by atoms with E-state index in [0.717, 1.165) is 0 Å². The predicted molar refractivity (Wildman–Crippen MR) is 27.5 cm³/mol. The van der Waals surface area contributed by atoms with Crippen LogP contribution in [0.2, 0.25) is 0 Å². The Balaban J connectivity index is 2.65. The maximum Gasteiger partial charge on any atom is 0.0821 e. The van der Waals surface area contributed by atoms with E-state index >= 15 is 0 Å². The van der Waals surface area contributed by atoms with Gasteiger partial charge in [0.1, 0.15) is 0 Å². The molecule has 27 valence electrons. The van der Waals surface area contributed by atoms with Gasteiger partial charge in [0, 0.05) is 0 Å². The molecule has 0 saturated heterocycles. The lowest BCUT2D eigenvalue weighted by molar-refractivity contribution is 2.44. The maximum atomic E-state index is 3.52. The third kappa shape index (κ3) is 3.70. The molecule has 1 radical (unpaired) electrons. The van der Waals surface area contributed by atoms with Gasteiger partial charge in [-0.25, -0.2) is 0 Å². The van der Waals surface area contributed by atoms with Gasteiger partial charge in [-0.15, -0.1) is 24.6 Å². The molecular formula is C4H7Si. The smallest absolute Gasteiger partial charge is 0.0821 e. The lowest BCUT2D eigenvalue weighted by Gasteiger charge is -1.61. The molecule has 0 aromatic heterocycles. The van der Waals surface area contributed by atoms with Crippen LogP contribution in [0.15, 0.2) is 24.6 Å². The molecule has 0 aromatic rings. The minimum Gasteiger partial charge on any atom is -0.107 e. The van der Waals surface area contributed by atoms with Crippen LogP contribution in [-0.2, 0) is 0 Å². The van der Waals surface area contributed by atoms with E-state index in [0.29, 0.717) is 9.52 Å². The third-order valence-electron chi connectivity index (χ3n) is 0.272. The Labute approximate surface area is 35.0 Å². The average Bonchev–Trinajstić information content (AvgIpc) is 1.41. The van der Waals surface area contributed by atoms with Gasteiger partial charge in [-0.1, -0.05) is 0 Å². The van der Waals surface area contributed by atoms with E-state index < -0.39 is 0 Å². The number of hydrogen-bond donors (Lipinski definition) is 0. The highest BCUT2D eigenvalue weighted by Crippen LogP contribution is 1.55. The summed E-state index contributed by atoms with van der Waals surface area (Å²) in [4.78, 5) is 0. The topological polar surface area (TPSA) is 0 Å². The maximum absolute atomic E-state index is 3.52. The molecule has 0 aromatic carbocycles. The van der Waals surface area contributed by atoms with Gasteiger partial charge < -0.3 is 0 Å². The summed E-state index contributed by atoms with van der Waals surface area (Å²) in [5.41, 5.74) is 3.79. The molecule has 0 saturated carbocycles. The first-order valence-electron chi connectivity index (χ1n) is 1.48. The lowest BCUT2D eigenvalue weighted by Crippen LogP contribution is -1.67. The Hall–Kier alpha value is -0.303. The molecule has 0 aliphatic heterocycles. The molecule has 0 spiro atoms. The molecule has 0 bridgehead atoms. The summed E-state index contributed by atoms with van der Waals surface area (Å²) < 4.78 is 0. The minimum atomic E-state index is 0.343. The second kappa shape index (κ2) is 3.70. The molecule has 0 heterocycles. The summed E-state index contributed by atoms with van der Waals surface area (Å²) in [6, 6.07) is 0. The van der Waals surface area contributed by atoms with Gasteiger partial charge in [-0.3, -0.25) is 0 Å². The van der Waals surface area contributed by atoms with E-state index in [2.05, 4.69) is 13.2 Å². The molecule has 0 aliphatic carbocycles. The van der Waals surface area contributed by atoms with Crippen LogP contribution in [0, 0.1) is 0 Å². The van der Waals surface area contributed by atoms with Gasteiger partial charge in [-0.2, -0.15) is 0 Å². The molecule has 0 rings (SSSR count). The minimum absolute atomic E-state index is 0.343. The van der Waals surface area contributed by atoms with Gasteiger partial charge in [-0.05, 0) is 0 Å². The third-order valence-corrected chi connectivity index (χ3v) is 0.816. The normalized spacial score (nSPS) is 6.40. The van der Waals surface area contributed by atoms with Gasteiger partial charge in [0.05, 0.1) is 9.52 Å². The fraction of sp³-hybridized carbons (Fsp3) is 0. The lowest BCUT2D eigenvalue weighted by atomic mass is 11.2. The van der Waals surface area contributed by atoms with Crippen molar-refractivity contribution < 1.29 is 0 Å². The van der Waals surface area contributed by atoms with Crippen molar-refractivity contribution in [1.29, 1.82) is 0 Å². The van der Waals surface area contributed by atoms with Crippen molar-refractivity contribution in [2.24, 2.45) is 0 Å². The van der Waals surface area contributed by atoms with Crippen molar-refractivity contribution in [3.8, 4) is 0 Å². The average molecular weight is 83.2 g/mol. The largest absolute Gasteiger partial charge is 0.107 e. The monoisotopic (exact) mass is 83.0 g/mol. The van der Waals surface area contributed by atoms with Crippen LogP contribution >= 0.6 is 0 Å². The highest BCUT2D eigenvalue weighted by Gasteiger charge is 1.56. The highest BCUT2D eigenvalue weighted by atomic mass is 28.2. The summed E-state index contributed by atoms with van der Waals surface area (Å²) in [5.74, 6) is 0. The van der Waals surface area contributed by atoms with Crippen LogP contribution in [0.5, 0.6) is 0 Å². The van der Waals surface area contributed by atoms with Gasteiger partial charge in [0.2, 0.25) is 0 Å². The molecule has 1 heteroatoms. The van der Waals surface area contributed by atoms with Crippen LogP contribution in [0.1, 0.15) is 0 Å². The summed E-state index contributed by atoms with van der Waals surface area (Å²) in [5, 5.41) is 0. The van der Waals surface area contributed by atoms with Crippen LogP contribution in [-0.4, -0.2) is 9.52 Å². The molecule has 0 atom stereocenters. The first-order chi connectivity index (χ1) is 2.41. The Morgan fingerprint density at radius 2 is 1.60 bits per heavy atom. The fourth-order valence-corrected chi connectivity index (χ4v) is 0.289. The van der Waals surface area contributed by atoms with E-state index in [1.165, 1.54) is 0 Å². The first kappa shape index (κ1) is 4.70. The second-order valence-corrected chi connectivity index (χ2v) is 1.99. The van der Waals surface area contributed by atoms with E-state index in [1.807, 2.05) is 11.4 Å². The molecule has 0 aliphatic rings. The zero-order valence-corrected chi connectivity index (χ0v) is 4.30. The van der Waals surface area contributed by atoms with Crippen LogP contribution in [0.4, 0.5) is 0 Å².